The first-order valence-electron chi connectivity index (χ1n) is 9.25. The van der Waals surface area contributed by atoms with Crippen LogP contribution in [0.5, 0.6) is 0 Å². The zero-order valence-corrected chi connectivity index (χ0v) is 17.2. The summed E-state index contributed by atoms with van der Waals surface area (Å²) in [6.45, 7) is 1.74. The van der Waals surface area contributed by atoms with Crippen molar-refractivity contribution in [3.63, 3.8) is 0 Å². The molecule has 0 atom stereocenters. The first-order chi connectivity index (χ1) is 14.1. The van der Waals surface area contributed by atoms with Crippen LogP contribution < -0.4 is 4.90 Å². The monoisotopic (exact) mass is 414 g/mol. The maximum Gasteiger partial charge on any atom is 0.282 e. The molecule has 0 aliphatic carbocycles. The van der Waals surface area contributed by atoms with Crippen molar-refractivity contribution in [2.45, 2.75) is 0 Å². The molecule has 1 heterocycles. The molecule has 0 bridgehead atoms. The van der Waals surface area contributed by atoms with Crippen LogP contribution in [0.4, 0.5) is 5.69 Å². The van der Waals surface area contributed by atoms with Crippen LogP contribution in [0.15, 0.2) is 60.3 Å². The molecule has 0 saturated heterocycles. The molecule has 0 fully saturated rings. The average Bonchev–Trinajstić information content (AvgIpc) is 3.00. The van der Waals surface area contributed by atoms with Crippen LogP contribution in [-0.4, -0.2) is 57.2 Å². The quantitative estimate of drug-likeness (QED) is 0.590. The molecule has 152 valence electrons. The predicted molar refractivity (Wildman–Crippen MR) is 113 cm³/mol. The van der Waals surface area contributed by atoms with Gasteiger partial charge in [-0.2, -0.15) is 0 Å². The molecule has 2 aromatic rings. The number of rotatable bonds is 9. The van der Waals surface area contributed by atoms with Crippen molar-refractivity contribution in [3.8, 4) is 0 Å². The SMILES string of the molecule is COCCN(CCOC)C1=C(c2ccccc2)C(=O)N(c2ccc(Cl)cc2)C1=O. The van der Waals surface area contributed by atoms with Gasteiger partial charge < -0.3 is 14.4 Å². The summed E-state index contributed by atoms with van der Waals surface area (Å²) in [6, 6.07) is 15.9. The smallest absolute Gasteiger partial charge is 0.282 e. The normalized spacial score (nSPS) is 14.1. The molecule has 3 rings (SSSR count). The number of anilines is 1. The number of methoxy groups -OCH3 is 2. The first kappa shape index (κ1) is 21.0. The molecule has 2 aromatic carbocycles. The van der Waals surface area contributed by atoms with Crippen LogP contribution in [0.3, 0.4) is 0 Å². The Hall–Kier alpha value is -2.67. The van der Waals surface area contributed by atoms with Crippen LogP contribution >= 0.6 is 11.6 Å². The molecule has 0 aromatic heterocycles. The Morgan fingerprint density at radius 1 is 0.862 bits per heavy atom. The highest BCUT2D eigenvalue weighted by molar-refractivity contribution is 6.45. The number of imide groups is 1. The average molecular weight is 415 g/mol. The van der Waals surface area contributed by atoms with E-state index in [0.29, 0.717) is 53.8 Å². The summed E-state index contributed by atoms with van der Waals surface area (Å²) in [5.41, 5.74) is 1.89. The highest BCUT2D eigenvalue weighted by Gasteiger charge is 2.42. The lowest BCUT2D eigenvalue weighted by molar-refractivity contribution is -0.120. The van der Waals surface area contributed by atoms with Gasteiger partial charge in [0.25, 0.3) is 11.8 Å². The van der Waals surface area contributed by atoms with Crippen molar-refractivity contribution in [1.29, 1.82) is 0 Å². The van der Waals surface area contributed by atoms with Crippen molar-refractivity contribution in [2.24, 2.45) is 0 Å². The second kappa shape index (κ2) is 9.69. The van der Waals surface area contributed by atoms with Gasteiger partial charge in [-0.1, -0.05) is 41.9 Å². The van der Waals surface area contributed by atoms with Gasteiger partial charge in [0, 0.05) is 32.3 Å². The number of carbonyl (C=O) groups excluding carboxylic acids is 2. The van der Waals surface area contributed by atoms with Crippen molar-refractivity contribution in [1.82, 2.24) is 4.90 Å². The molecular weight excluding hydrogens is 392 g/mol. The minimum Gasteiger partial charge on any atom is -0.383 e. The topological polar surface area (TPSA) is 59.1 Å². The molecule has 29 heavy (non-hydrogen) atoms. The second-order valence-electron chi connectivity index (χ2n) is 6.48. The van der Waals surface area contributed by atoms with Crippen LogP contribution in [-0.2, 0) is 19.1 Å². The fourth-order valence-corrected chi connectivity index (χ4v) is 3.37. The highest BCUT2D eigenvalue weighted by Crippen LogP contribution is 2.35. The Morgan fingerprint density at radius 2 is 1.45 bits per heavy atom. The van der Waals surface area contributed by atoms with Gasteiger partial charge in [-0.3, -0.25) is 9.59 Å². The number of nitrogens with zero attached hydrogens (tertiary/aromatic N) is 2. The summed E-state index contributed by atoms with van der Waals surface area (Å²) in [5, 5.41) is 0.533. The number of ether oxygens (including phenoxy) is 2. The van der Waals surface area contributed by atoms with Gasteiger partial charge in [-0.25, -0.2) is 4.90 Å². The fraction of sp³-hybridized carbons (Fsp3) is 0.273. The maximum absolute atomic E-state index is 13.4. The third kappa shape index (κ3) is 4.50. The molecule has 1 aliphatic rings. The standard InChI is InChI=1S/C22H23ClN2O4/c1-28-14-12-24(13-15-29-2)20-19(16-6-4-3-5-7-16)21(26)25(22(20)27)18-10-8-17(23)9-11-18/h3-11H,12-15H2,1-2H3. The predicted octanol–water partition coefficient (Wildman–Crippen LogP) is 3.22. The molecule has 0 radical (unpaired) electrons. The number of halogens is 1. The van der Waals surface area contributed by atoms with Gasteiger partial charge in [0.2, 0.25) is 0 Å². The summed E-state index contributed by atoms with van der Waals surface area (Å²) in [5.74, 6) is -0.735. The maximum atomic E-state index is 13.4. The first-order valence-corrected chi connectivity index (χ1v) is 9.63. The summed E-state index contributed by atoms with van der Waals surface area (Å²) in [6.07, 6.45) is 0. The molecule has 2 amide bonds. The van der Waals surface area contributed by atoms with E-state index in [9.17, 15) is 9.59 Å². The van der Waals surface area contributed by atoms with E-state index in [1.165, 1.54) is 4.90 Å². The molecule has 0 unspecified atom stereocenters. The number of carbonyl (C=O) groups is 2. The largest absolute Gasteiger partial charge is 0.383 e. The van der Waals surface area contributed by atoms with Crippen LogP contribution in [0, 0.1) is 0 Å². The van der Waals surface area contributed by atoms with E-state index in [1.807, 2.05) is 35.2 Å². The highest BCUT2D eigenvalue weighted by atomic mass is 35.5. The molecule has 7 heteroatoms. The van der Waals surface area contributed by atoms with Crippen LogP contribution in [0.2, 0.25) is 5.02 Å². The van der Waals surface area contributed by atoms with E-state index in [-0.39, 0.29) is 11.8 Å². The number of amides is 2. The van der Waals surface area contributed by atoms with Crippen molar-refractivity contribution in [3.05, 3.63) is 70.9 Å². The molecule has 0 N–H and O–H groups in total. The number of hydrogen-bond donors (Lipinski definition) is 0. The Bertz CT molecular complexity index is 889. The molecule has 1 aliphatic heterocycles. The van der Waals surface area contributed by atoms with Crippen molar-refractivity contribution < 1.29 is 19.1 Å². The summed E-state index contributed by atoms with van der Waals surface area (Å²) in [7, 11) is 3.20. The number of benzene rings is 2. The molecule has 0 spiro atoms. The number of hydrogen-bond acceptors (Lipinski definition) is 5. The minimum atomic E-state index is -0.372. The molecule has 6 nitrogen and oxygen atoms in total. The molecule has 0 saturated carbocycles. The van der Waals surface area contributed by atoms with Gasteiger partial charge in [-0.15, -0.1) is 0 Å². The lowest BCUT2D eigenvalue weighted by Gasteiger charge is -2.25. The van der Waals surface area contributed by atoms with E-state index < -0.39 is 0 Å². The van der Waals surface area contributed by atoms with Crippen LogP contribution in [0.25, 0.3) is 5.57 Å². The zero-order valence-electron chi connectivity index (χ0n) is 16.4. The van der Waals surface area contributed by atoms with Gasteiger partial charge in [0.1, 0.15) is 5.70 Å². The third-order valence-electron chi connectivity index (χ3n) is 4.65. The Morgan fingerprint density at radius 3 is 2.00 bits per heavy atom. The van der Waals surface area contributed by atoms with E-state index >= 15 is 0 Å². The second-order valence-corrected chi connectivity index (χ2v) is 6.92. The zero-order chi connectivity index (χ0) is 20.8. The Kier molecular flexibility index (Phi) is 7.04. The van der Waals surface area contributed by atoms with E-state index in [1.54, 1.807) is 38.5 Å². The fourth-order valence-electron chi connectivity index (χ4n) is 3.24. The Labute approximate surface area is 175 Å². The van der Waals surface area contributed by atoms with E-state index in [4.69, 9.17) is 21.1 Å². The minimum absolute atomic E-state index is 0.352. The van der Waals surface area contributed by atoms with Gasteiger partial charge in [-0.05, 0) is 29.8 Å². The van der Waals surface area contributed by atoms with E-state index in [0.717, 1.165) is 0 Å². The summed E-state index contributed by atoms with van der Waals surface area (Å²) < 4.78 is 10.4. The van der Waals surface area contributed by atoms with E-state index in [2.05, 4.69) is 0 Å². The summed E-state index contributed by atoms with van der Waals surface area (Å²) >= 11 is 5.97. The van der Waals surface area contributed by atoms with Gasteiger partial charge in [0.15, 0.2) is 0 Å². The summed E-state index contributed by atoms with van der Waals surface area (Å²) in [4.78, 5) is 29.9. The Balaban J connectivity index is 2.09. The van der Waals surface area contributed by atoms with Gasteiger partial charge in [0.05, 0.1) is 24.5 Å². The lowest BCUT2D eigenvalue weighted by atomic mass is 10.0. The van der Waals surface area contributed by atoms with Crippen molar-refractivity contribution >= 4 is 34.7 Å². The van der Waals surface area contributed by atoms with Crippen molar-refractivity contribution in [2.75, 3.05) is 45.4 Å². The van der Waals surface area contributed by atoms with Gasteiger partial charge >= 0.3 is 0 Å². The third-order valence-corrected chi connectivity index (χ3v) is 4.91. The van der Waals surface area contributed by atoms with Crippen LogP contribution in [0.1, 0.15) is 5.56 Å². The lowest BCUT2D eigenvalue weighted by Crippen LogP contribution is -2.37. The molecular formula is C22H23ClN2O4.